The summed E-state index contributed by atoms with van der Waals surface area (Å²) in [7, 11) is 0. The van der Waals surface area contributed by atoms with Crippen LogP contribution in [0.25, 0.3) is 0 Å². The lowest BCUT2D eigenvalue weighted by atomic mass is 10.1. The van der Waals surface area contributed by atoms with Crippen LogP contribution in [0, 0.1) is 11.3 Å². The molecule has 0 unspecified atom stereocenters. The SMILES string of the molecule is CCOc1ccc(C(N)=NO)cc1C#N. The Labute approximate surface area is 87.4 Å². The number of hydrogen-bond acceptors (Lipinski definition) is 4. The first-order chi connectivity index (χ1) is 7.22. The zero-order valence-corrected chi connectivity index (χ0v) is 8.27. The van der Waals surface area contributed by atoms with Crippen molar-refractivity contribution in [3.05, 3.63) is 29.3 Å². The van der Waals surface area contributed by atoms with Gasteiger partial charge in [0.1, 0.15) is 11.8 Å². The molecule has 3 N–H and O–H groups in total. The first-order valence-corrected chi connectivity index (χ1v) is 4.37. The summed E-state index contributed by atoms with van der Waals surface area (Å²) in [6, 6.07) is 6.74. The van der Waals surface area contributed by atoms with E-state index in [9.17, 15) is 0 Å². The maximum atomic E-state index is 8.85. The molecule has 0 fully saturated rings. The standard InChI is InChI=1S/C10H11N3O2/c1-2-15-9-4-3-7(10(12)13-14)5-8(9)6-11/h3-5,14H,2H2,1H3,(H2,12,13). The summed E-state index contributed by atoms with van der Waals surface area (Å²) in [5.41, 5.74) is 6.24. The Bertz CT molecular complexity index is 421. The summed E-state index contributed by atoms with van der Waals surface area (Å²) in [5.74, 6) is 0.462. The fourth-order valence-corrected chi connectivity index (χ4v) is 1.12. The number of nitrogens with zero attached hydrogens (tertiary/aromatic N) is 2. The van der Waals surface area contributed by atoms with Gasteiger partial charge in [-0.15, -0.1) is 0 Å². The molecule has 0 atom stereocenters. The Balaban J connectivity index is 3.14. The molecule has 0 spiro atoms. The van der Waals surface area contributed by atoms with Gasteiger partial charge in [-0.1, -0.05) is 5.16 Å². The van der Waals surface area contributed by atoms with Gasteiger partial charge in [0.15, 0.2) is 5.84 Å². The maximum absolute atomic E-state index is 8.85. The average molecular weight is 205 g/mol. The number of amidine groups is 1. The van der Waals surface area contributed by atoms with Crippen LogP contribution in [0.3, 0.4) is 0 Å². The highest BCUT2D eigenvalue weighted by Gasteiger charge is 2.06. The molecule has 15 heavy (non-hydrogen) atoms. The second-order valence-corrected chi connectivity index (χ2v) is 2.74. The van der Waals surface area contributed by atoms with Gasteiger partial charge in [-0.25, -0.2) is 0 Å². The Kier molecular flexibility index (Phi) is 3.52. The topological polar surface area (TPSA) is 91.6 Å². The van der Waals surface area contributed by atoms with Gasteiger partial charge in [-0.2, -0.15) is 5.26 Å². The number of nitrogens with two attached hydrogens (primary N) is 1. The largest absolute Gasteiger partial charge is 0.492 e. The van der Waals surface area contributed by atoms with E-state index in [1.165, 1.54) is 6.07 Å². The molecule has 0 aliphatic rings. The van der Waals surface area contributed by atoms with Gasteiger partial charge in [0, 0.05) is 5.56 Å². The van der Waals surface area contributed by atoms with E-state index in [1.54, 1.807) is 12.1 Å². The predicted octanol–water partition coefficient (Wildman–Crippen LogP) is 1.05. The van der Waals surface area contributed by atoms with Crippen LogP contribution in [0.1, 0.15) is 18.1 Å². The van der Waals surface area contributed by atoms with E-state index in [-0.39, 0.29) is 5.84 Å². The highest BCUT2D eigenvalue weighted by molar-refractivity contribution is 5.97. The fourth-order valence-electron chi connectivity index (χ4n) is 1.12. The van der Waals surface area contributed by atoms with Crippen LogP contribution in [0.2, 0.25) is 0 Å². The summed E-state index contributed by atoms with van der Waals surface area (Å²) in [4.78, 5) is 0. The van der Waals surface area contributed by atoms with Crippen molar-refractivity contribution in [2.24, 2.45) is 10.9 Å². The van der Waals surface area contributed by atoms with E-state index in [2.05, 4.69) is 5.16 Å². The molecule has 1 rings (SSSR count). The van der Waals surface area contributed by atoms with Crippen LogP contribution >= 0.6 is 0 Å². The number of rotatable bonds is 3. The number of nitriles is 1. The molecule has 0 aromatic heterocycles. The third-order valence-electron chi connectivity index (χ3n) is 1.80. The van der Waals surface area contributed by atoms with Crippen molar-refractivity contribution in [2.45, 2.75) is 6.92 Å². The summed E-state index contributed by atoms with van der Waals surface area (Å²) < 4.78 is 5.23. The minimum absolute atomic E-state index is 0.0328. The maximum Gasteiger partial charge on any atom is 0.170 e. The van der Waals surface area contributed by atoms with Crippen LogP contribution < -0.4 is 10.5 Å². The van der Waals surface area contributed by atoms with E-state index in [4.69, 9.17) is 20.9 Å². The van der Waals surface area contributed by atoms with Crippen molar-refractivity contribution in [2.75, 3.05) is 6.61 Å². The molecule has 0 saturated heterocycles. The number of benzene rings is 1. The zero-order valence-electron chi connectivity index (χ0n) is 8.27. The number of oxime groups is 1. The molecule has 0 radical (unpaired) electrons. The molecule has 78 valence electrons. The molecule has 0 bridgehead atoms. The minimum atomic E-state index is -0.0328. The number of ether oxygens (including phenoxy) is 1. The van der Waals surface area contributed by atoms with Gasteiger partial charge in [-0.05, 0) is 25.1 Å². The van der Waals surface area contributed by atoms with Crippen LogP contribution in [-0.4, -0.2) is 17.6 Å². The summed E-state index contributed by atoms with van der Waals surface area (Å²) >= 11 is 0. The van der Waals surface area contributed by atoms with E-state index >= 15 is 0 Å². The summed E-state index contributed by atoms with van der Waals surface area (Å²) in [6.07, 6.45) is 0. The lowest BCUT2D eigenvalue weighted by Crippen LogP contribution is -2.13. The van der Waals surface area contributed by atoms with Gasteiger partial charge in [0.05, 0.1) is 12.2 Å². The van der Waals surface area contributed by atoms with Gasteiger partial charge in [-0.3, -0.25) is 0 Å². The van der Waals surface area contributed by atoms with E-state index in [0.717, 1.165) is 0 Å². The average Bonchev–Trinajstić information content (AvgIpc) is 2.29. The van der Waals surface area contributed by atoms with Crippen molar-refractivity contribution >= 4 is 5.84 Å². The Hall–Kier alpha value is -2.22. The smallest absolute Gasteiger partial charge is 0.170 e. The molecule has 5 nitrogen and oxygen atoms in total. The van der Waals surface area contributed by atoms with Gasteiger partial charge in [0.25, 0.3) is 0 Å². The van der Waals surface area contributed by atoms with Gasteiger partial charge < -0.3 is 15.7 Å². The first kappa shape index (κ1) is 10.9. The number of hydrogen-bond donors (Lipinski definition) is 2. The quantitative estimate of drug-likeness (QED) is 0.334. The van der Waals surface area contributed by atoms with Crippen molar-refractivity contribution in [3.8, 4) is 11.8 Å². The highest BCUT2D eigenvalue weighted by Crippen LogP contribution is 2.19. The van der Waals surface area contributed by atoms with Crippen LogP contribution in [0.5, 0.6) is 5.75 Å². The zero-order chi connectivity index (χ0) is 11.3. The first-order valence-electron chi connectivity index (χ1n) is 4.37. The molecule has 1 aromatic rings. The molecule has 0 saturated carbocycles. The molecular formula is C10H11N3O2. The molecular weight excluding hydrogens is 194 g/mol. The third-order valence-corrected chi connectivity index (χ3v) is 1.80. The van der Waals surface area contributed by atoms with Crippen molar-refractivity contribution in [1.82, 2.24) is 0 Å². The molecule has 0 amide bonds. The molecule has 5 heteroatoms. The Morgan fingerprint density at radius 2 is 2.40 bits per heavy atom. The summed E-state index contributed by atoms with van der Waals surface area (Å²) in [5, 5.41) is 20.2. The van der Waals surface area contributed by atoms with Gasteiger partial charge >= 0.3 is 0 Å². The van der Waals surface area contributed by atoms with E-state index < -0.39 is 0 Å². The normalized spacial score (nSPS) is 10.8. The lowest BCUT2D eigenvalue weighted by molar-refractivity contribution is 0.318. The lowest BCUT2D eigenvalue weighted by Gasteiger charge is -2.06. The van der Waals surface area contributed by atoms with Crippen molar-refractivity contribution in [1.29, 1.82) is 5.26 Å². The van der Waals surface area contributed by atoms with Gasteiger partial charge in [0.2, 0.25) is 0 Å². The fraction of sp³-hybridized carbons (Fsp3) is 0.200. The Morgan fingerprint density at radius 1 is 1.67 bits per heavy atom. The van der Waals surface area contributed by atoms with Crippen molar-refractivity contribution < 1.29 is 9.94 Å². The molecule has 0 aliphatic carbocycles. The minimum Gasteiger partial charge on any atom is -0.492 e. The second-order valence-electron chi connectivity index (χ2n) is 2.74. The molecule has 0 heterocycles. The molecule has 1 aromatic carbocycles. The monoisotopic (exact) mass is 205 g/mol. The second kappa shape index (κ2) is 4.86. The summed E-state index contributed by atoms with van der Waals surface area (Å²) in [6.45, 7) is 2.32. The molecule has 0 aliphatic heterocycles. The highest BCUT2D eigenvalue weighted by atomic mass is 16.5. The van der Waals surface area contributed by atoms with E-state index in [0.29, 0.717) is 23.5 Å². The van der Waals surface area contributed by atoms with Crippen LogP contribution in [0.4, 0.5) is 0 Å². The van der Waals surface area contributed by atoms with Crippen LogP contribution in [-0.2, 0) is 0 Å². The Morgan fingerprint density at radius 3 is 2.93 bits per heavy atom. The van der Waals surface area contributed by atoms with E-state index in [1.807, 2.05) is 13.0 Å². The van der Waals surface area contributed by atoms with Crippen LogP contribution in [0.15, 0.2) is 23.4 Å². The third kappa shape index (κ3) is 2.38. The predicted molar refractivity (Wildman–Crippen MR) is 54.8 cm³/mol. The van der Waals surface area contributed by atoms with Crippen molar-refractivity contribution in [3.63, 3.8) is 0 Å².